The van der Waals surface area contributed by atoms with E-state index in [9.17, 15) is 4.79 Å². The predicted molar refractivity (Wildman–Crippen MR) is 118 cm³/mol. The Hall–Kier alpha value is -3.08. The van der Waals surface area contributed by atoms with Gasteiger partial charge in [0.05, 0.1) is 0 Å². The monoisotopic (exact) mass is 403 g/mol. The van der Waals surface area contributed by atoms with Crippen molar-refractivity contribution in [1.29, 1.82) is 0 Å². The van der Waals surface area contributed by atoms with Gasteiger partial charge in [0, 0.05) is 37.1 Å². The van der Waals surface area contributed by atoms with Crippen molar-refractivity contribution < 1.29 is 9.53 Å². The molecule has 1 saturated heterocycles. The van der Waals surface area contributed by atoms with Crippen molar-refractivity contribution in [3.63, 3.8) is 0 Å². The number of carbonyl (C=O) groups excluding carboxylic acids is 1. The highest BCUT2D eigenvalue weighted by Gasteiger charge is 2.23. The fourth-order valence-electron chi connectivity index (χ4n) is 4.10. The summed E-state index contributed by atoms with van der Waals surface area (Å²) in [6.45, 7) is 4.83. The molecule has 0 N–H and O–H groups in total. The number of para-hydroxylation sites is 1. The smallest absolute Gasteiger partial charge is 0.260 e. The lowest BCUT2D eigenvalue weighted by Crippen LogP contribution is -2.41. The number of benzene rings is 2. The van der Waals surface area contributed by atoms with Gasteiger partial charge in [-0.2, -0.15) is 0 Å². The standard InChI is InChI=1S/C25H29N3O2/c1-20-18-26-25(22-8-4-2-5-9-22)28(20)17-14-21-12-15-27(16-13-21)24(29)19-30-23-10-6-3-7-11-23/h2-11,18,21H,12-17,19H2,1H3. The zero-order chi connectivity index (χ0) is 20.8. The van der Waals surface area contributed by atoms with Crippen LogP contribution in [0, 0.1) is 12.8 Å². The lowest BCUT2D eigenvalue weighted by Gasteiger charge is -2.32. The van der Waals surface area contributed by atoms with Crippen molar-refractivity contribution in [3.05, 3.63) is 72.6 Å². The molecule has 1 fully saturated rings. The second-order valence-electron chi connectivity index (χ2n) is 7.96. The summed E-state index contributed by atoms with van der Waals surface area (Å²) in [5.41, 5.74) is 2.35. The van der Waals surface area contributed by atoms with Crippen molar-refractivity contribution in [2.45, 2.75) is 32.7 Å². The number of hydrogen-bond acceptors (Lipinski definition) is 3. The fraction of sp³-hybridized carbons (Fsp3) is 0.360. The molecule has 0 unspecified atom stereocenters. The van der Waals surface area contributed by atoms with E-state index in [0.29, 0.717) is 5.92 Å². The number of aromatic nitrogens is 2. The molecule has 1 aliphatic rings. The summed E-state index contributed by atoms with van der Waals surface area (Å²) >= 11 is 0. The molecule has 0 saturated carbocycles. The molecule has 4 rings (SSSR count). The Kier molecular flexibility index (Phi) is 6.47. The van der Waals surface area contributed by atoms with Gasteiger partial charge in [-0.3, -0.25) is 4.79 Å². The first-order valence-electron chi connectivity index (χ1n) is 10.7. The summed E-state index contributed by atoms with van der Waals surface area (Å²) in [4.78, 5) is 19.0. The van der Waals surface area contributed by atoms with E-state index in [2.05, 4.69) is 40.7 Å². The topological polar surface area (TPSA) is 47.4 Å². The first-order valence-corrected chi connectivity index (χ1v) is 10.7. The van der Waals surface area contributed by atoms with Gasteiger partial charge in [-0.25, -0.2) is 4.98 Å². The molecule has 0 spiro atoms. The van der Waals surface area contributed by atoms with Crippen molar-refractivity contribution in [3.8, 4) is 17.1 Å². The highest BCUT2D eigenvalue weighted by Crippen LogP contribution is 2.25. The third-order valence-electron chi connectivity index (χ3n) is 5.92. The number of nitrogens with zero attached hydrogens (tertiary/aromatic N) is 3. The number of imidazole rings is 1. The summed E-state index contributed by atoms with van der Waals surface area (Å²) < 4.78 is 7.93. The summed E-state index contributed by atoms with van der Waals surface area (Å²) in [5, 5.41) is 0. The van der Waals surface area contributed by atoms with Crippen LogP contribution in [0.2, 0.25) is 0 Å². The average molecular weight is 404 g/mol. The maximum Gasteiger partial charge on any atom is 0.260 e. The third kappa shape index (κ3) is 4.90. The van der Waals surface area contributed by atoms with E-state index >= 15 is 0 Å². The van der Waals surface area contributed by atoms with Crippen LogP contribution in [-0.2, 0) is 11.3 Å². The zero-order valence-corrected chi connectivity index (χ0v) is 17.5. The molecule has 30 heavy (non-hydrogen) atoms. The van der Waals surface area contributed by atoms with Crippen LogP contribution >= 0.6 is 0 Å². The van der Waals surface area contributed by atoms with Gasteiger partial charge in [0.25, 0.3) is 5.91 Å². The molecule has 2 aromatic carbocycles. The first kappa shape index (κ1) is 20.2. The molecule has 1 amide bonds. The molecular weight excluding hydrogens is 374 g/mol. The Balaban J connectivity index is 1.26. The molecule has 3 aromatic rings. The minimum atomic E-state index is 0.0779. The van der Waals surface area contributed by atoms with E-state index < -0.39 is 0 Å². The Morgan fingerprint density at radius 3 is 2.40 bits per heavy atom. The first-order chi connectivity index (χ1) is 14.7. The number of piperidine rings is 1. The summed E-state index contributed by atoms with van der Waals surface area (Å²) in [6, 6.07) is 19.9. The fourth-order valence-corrected chi connectivity index (χ4v) is 4.10. The predicted octanol–water partition coefficient (Wildman–Crippen LogP) is 4.57. The number of carbonyl (C=O) groups is 1. The Morgan fingerprint density at radius 2 is 1.70 bits per heavy atom. The van der Waals surface area contributed by atoms with Crippen molar-refractivity contribution >= 4 is 5.91 Å². The van der Waals surface area contributed by atoms with Crippen molar-refractivity contribution in [2.24, 2.45) is 5.92 Å². The number of ether oxygens (including phenoxy) is 1. The van der Waals surface area contributed by atoms with E-state index in [1.54, 1.807) is 0 Å². The number of likely N-dealkylation sites (tertiary alicyclic amines) is 1. The van der Waals surface area contributed by atoms with Gasteiger partial charge in [-0.05, 0) is 44.2 Å². The van der Waals surface area contributed by atoms with Gasteiger partial charge in [-0.15, -0.1) is 0 Å². The SMILES string of the molecule is Cc1cnc(-c2ccccc2)n1CCC1CCN(C(=O)COc2ccccc2)CC1. The second-order valence-corrected chi connectivity index (χ2v) is 7.96. The number of rotatable bonds is 7. The second kappa shape index (κ2) is 9.61. The van der Waals surface area contributed by atoms with E-state index in [4.69, 9.17) is 4.74 Å². The Morgan fingerprint density at radius 1 is 1.03 bits per heavy atom. The average Bonchev–Trinajstić information content (AvgIpc) is 3.18. The van der Waals surface area contributed by atoms with Crippen LogP contribution < -0.4 is 4.74 Å². The van der Waals surface area contributed by atoms with Crippen LogP contribution in [0.3, 0.4) is 0 Å². The lowest BCUT2D eigenvalue weighted by atomic mass is 9.93. The van der Waals surface area contributed by atoms with Gasteiger partial charge in [-0.1, -0.05) is 48.5 Å². The summed E-state index contributed by atoms with van der Waals surface area (Å²) in [7, 11) is 0. The van der Waals surface area contributed by atoms with Gasteiger partial charge >= 0.3 is 0 Å². The largest absolute Gasteiger partial charge is 0.484 e. The number of amides is 1. The summed E-state index contributed by atoms with van der Waals surface area (Å²) in [5.74, 6) is 2.49. The van der Waals surface area contributed by atoms with E-state index in [-0.39, 0.29) is 12.5 Å². The quantitative estimate of drug-likeness (QED) is 0.581. The van der Waals surface area contributed by atoms with Crippen molar-refractivity contribution in [1.82, 2.24) is 14.5 Å². The van der Waals surface area contributed by atoms with Crippen LogP contribution in [-0.4, -0.2) is 40.1 Å². The molecule has 0 bridgehead atoms. The number of hydrogen-bond donors (Lipinski definition) is 0. The normalized spacial score (nSPS) is 14.6. The molecular formula is C25H29N3O2. The molecule has 1 aliphatic heterocycles. The molecule has 0 aliphatic carbocycles. The van der Waals surface area contributed by atoms with E-state index in [1.807, 2.05) is 47.5 Å². The van der Waals surface area contributed by atoms with Crippen LogP contribution in [0.25, 0.3) is 11.4 Å². The highest BCUT2D eigenvalue weighted by molar-refractivity contribution is 5.77. The van der Waals surface area contributed by atoms with Crippen LogP contribution in [0.1, 0.15) is 25.0 Å². The Bertz CT molecular complexity index is 945. The third-order valence-corrected chi connectivity index (χ3v) is 5.92. The minimum absolute atomic E-state index is 0.0779. The van der Waals surface area contributed by atoms with Gasteiger partial charge in [0.15, 0.2) is 6.61 Å². The minimum Gasteiger partial charge on any atom is -0.484 e. The zero-order valence-electron chi connectivity index (χ0n) is 17.5. The van der Waals surface area contributed by atoms with E-state index in [0.717, 1.165) is 56.0 Å². The molecule has 1 aromatic heterocycles. The van der Waals surface area contributed by atoms with Crippen LogP contribution in [0.15, 0.2) is 66.9 Å². The molecule has 0 atom stereocenters. The maximum atomic E-state index is 12.5. The maximum absolute atomic E-state index is 12.5. The van der Waals surface area contributed by atoms with Crippen LogP contribution in [0.4, 0.5) is 0 Å². The molecule has 5 nitrogen and oxygen atoms in total. The van der Waals surface area contributed by atoms with Crippen molar-refractivity contribution in [2.75, 3.05) is 19.7 Å². The molecule has 5 heteroatoms. The molecule has 2 heterocycles. The Labute approximate surface area is 178 Å². The molecule has 0 radical (unpaired) electrons. The van der Waals surface area contributed by atoms with E-state index in [1.165, 1.54) is 5.69 Å². The van der Waals surface area contributed by atoms with Gasteiger partial charge in [0.2, 0.25) is 0 Å². The summed E-state index contributed by atoms with van der Waals surface area (Å²) in [6.07, 6.45) is 5.16. The van der Waals surface area contributed by atoms with Gasteiger partial charge in [0.1, 0.15) is 11.6 Å². The van der Waals surface area contributed by atoms with Crippen LogP contribution in [0.5, 0.6) is 5.75 Å². The number of aryl methyl sites for hydroxylation is 1. The lowest BCUT2D eigenvalue weighted by molar-refractivity contribution is -0.134. The highest BCUT2D eigenvalue weighted by atomic mass is 16.5. The molecule has 156 valence electrons. The van der Waals surface area contributed by atoms with Gasteiger partial charge < -0.3 is 14.2 Å².